The van der Waals surface area contributed by atoms with E-state index in [0.717, 1.165) is 0 Å². The first-order valence-electron chi connectivity index (χ1n) is 23.6. The Kier molecular flexibility index (Phi) is 9.62. The predicted octanol–water partition coefficient (Wildman–Crippen LogP) is 19.1. The highest BCUT2D eigenvalue weighted by Gasteiger charge is 2.20. The van der Waals surface area contributed by atoms with Gasteiger partial charge in [0.2, 0.25) is 0 Å². The number of fused-ring (bicyclic) bond motifs is 5. The van der Waals surface area contributed by atoms with Crippen molar-refractivity contribution in [3.63, 3.8) is 0 Å². The topological polar surface area (TPSA) is 0 Å². The van der Waals surface area contributed by atoms with Crippen molar-refractivity contribution in [1.82, 2.24) is 0 Å². The van der Waals surface area contributed by atoms with Crippen LogP contribution in [-0.4, -0.2) is 0 Å². The van der Waals surface area contributed by atoms with Crippen LogP contribution in [0.25, 0.3) is 132 Å². The third-order valence-corrected chi connectivity index (χ3v) is 14.0. The molecule has 316 valence electrons. The third kappa shape index (κ3) is 6.94. The fourth-order valence-electron chi connectivity index (χ4n) is 10.7. The van der Waals surface area contributed by atoms with E-state index in [1.807, 2.05) is 0 Å². The monoisotopic (exact) mass is 860 g/mol. The third-order valence-electron chi connectivity index (χ3n) is 14.0. The molecule has 0 unspecified atom stereocenters. The van der Waals surface area contributed by atoms with E-state index >= 15 is 0 Å². The van der Waals surface area contributed by atoms with Gasteiger partial charge in [0.15, 0.2) is 0 Å². The van der Waals surface area contributed by atoms with Crippen molar-refractivity contribution < 1.29 is 0 Å². The molecule has 0 bridgehead atoms. The Morgan fingerprint density at radius 2 is 0.471 bits per heavy atom. The summed E-state index contributed by atoms with van der Waals surface area (Å²) in [4.78, 5) is 0. The van der Waals surface area contributed by atoms with Crippen LogP contribution in [0, 0.1) is 0 Å². The second-order valence-electron chi connectivity index (χ2n) is 18.0. The second kappa shape index (κ2) is 16.5. The summed E-state index contributed by atoms with van der Waals surface area (Å²) in [6.45, 7) is 0. The molecular weight excluding hydrogens is 817 g/mol. The van der Waals surface area contributed by atoms with Crippen LogP contribution >= 0.6 is 0 Å². The molecule has 0 N–H and O–H groups in total. The Balaban J connectivity index is 1.13. The highest BCUT2D eigenvalue weighted by atomic mass is 14.2. The highest BCUT2D eigenvalue weighted by Crippen LogP contribution is 2.47. The first-order valence-corrected chi connectivity index (χ1v) is 23.6. The largest absolute Gasteiger partial charge is 0.0622 e. The van der Waals surface area contributed by atoms with Crippen LogP contribution < -0.4 is 0 Å². The fourth-order valence-corrected chi connectivity index (χ4v) is 10.7. The predicted molar refractivity (Wildman–Crippen MR) is 292 cm³/mol. The fraction of sp³-hybridized carbons (Fsp3) is 0. The Morgan fingerprint density at radius 1 is 0.132 bits per heavy atom. The molecule has 0 aliphatic rings. The second-order valence-corrected chi connectivity index (χ2v) is 18.0. The molecule has 0 nitrogen and oxygen atoms in total. The Hall–Kier alpha value is -8.84. The van der Waals surface area contributed by atoms with E-state index in [1.165, 1.54) is 132 Å². The van der Waals surface area contributed by atoms with E-state index in [9.17, 15) is 0 Å². The van der Waals surface area contributed by atoms with Crippen molar-refractivity contribution >= 4 is 53.9 Å². The number of hydrogen-bond donors (Lipinski definition) is 0. The Labute approximate surface area is 396 Å². The van der Waals surface area contributed by atoms with E-state index in [2.05, 4.69) is 267 Å². The Morgan fingerprint density at radius 3 is 0.941 bits per heavy atom. The molecule has 0 atom stereocenters. The minimum Gasteiger partial charge on any atom is -0.0622 e. The maximum absolute atomic E-state index is 2.46. The van der Waals surface area contributed by atoms with Crippen LogP contribution in [0.4, 0.5) is 0 Å². The lowest BCUT2D eigenvalue weighted by Crippen LogP contribution is -1.93. The molecule has 0 aromatic heterocycles. The average Bonchev–Trinajstić information content (AvgIpc) is 3.42. The van der Waals surface area contributed by atoms with Gasteiger partial charge >= 0.3 is 0 Å². The summed E-state index contributed by atoms with van der Waals surface area (Å²) in [6.07, 6.45) is 0. The van der Waals surface area contributed by atoms with Gasteiger partial charge in [0.25, 0.3) is 0 Å². The number of hydrogen-bond acceptors (Lipinski definition) is 0. The minimum atomic E-state index is 1.18. The van der Waals surface area contributed by atoms with Crippen molar-refractivity contribution in [2.45, 2.75) is 0 Å². The maximum Gasteiger partial charge on any atom is -0.00923 e. The van der Waals surface area contributed by atoms with Gasteiger partial charge < -0.3 is 0 Å². The van der Waals surface area contributed by atoms with Crippen molar-refractivity contribution in [1.29, 1.82) is 0 Å². The number of benzene rings is 13. The van der Waals surface area contributed by atoms with Crippen LogP contribution in [-0.2, 0) is 0 Å². The van der Waals surface area contributed by atoms with Crippen molar-refractivity contribution in [2.24, 2.45) is 0 Å². The van der Waals surface area contributed by atoms with Crippen LogP contribution in [0.1, 0.15) is 0 Å². The molecule has 0 spiro atoms. The van der Waals surface area contributed by atoms with Crippen molar-refractivity contribution in [3.8, 4) is 77.9 Å². The van der Waals surface area contributed by atoms with E-state index in [4.69, 9.17) is 0 Å². The summed E-state index contributed by atoms with van der Waals surface area (Å²) in [5, 5.41) is 12.3. The molecule has 13 aromatic rings. The molecule has 0 amide bonds. The lowest BCUT2D eigenvalue weighted by Gasteiger charge is -2.20. The molecule has 13 aromatic carbocycles. The van der Waals surface area contributed by atoms with Crippen LogP contribution in [0.3, 0.4) is 0 Å². The van der Waals surface area contributed by atoms with Gasteiger partial charge in [0.1, 0.15) is 0 Å². The van der Waals surface area contributed by atoms with Gasteiger partial charge in [-0.15, -0.1) is 0 Å². The molecule has 0 radical (unpaired) electrons. The van der Waals surface area contributed by atoms with Crippen molar-refractivity contribution in [3.05, 3.63) is 267 Å². The van der Waals surface area contributed by atoms with E-state index in [-0.39, 0.29) is 0 Å². The van der Waals surface area contributed by atoms with Crippen LogP contribution in [0.2, 0.25) is 0 Å². The zero-order valence-electron chi connectivity index (χ0n) is 37.4. The standard InChI is InChI=1S/C68H44/c1-3-18-47(19-4-1)57-34-36-63(61-28-13-11-26-59(57)61)65-41-55(52-25-15-24-51(40-52)53-32-30-45-16-7-9-22-49(45)38-53)43-67-66(42-56(44-68(65)67)54-33-31-46-17-8-10-23-50(46)39-54)64-37-35-58(48-20-5-2-6-21-48)60-27-12-14-29-62(60)64/h1-44H. The first kappa shape index (κ1) is 39.5. The summed E-state index contributed by atoms with van der Waals surface area (Å²) in [5.74, 6) is 0. The van der Waals surface area contributed by atoms with Gasteiger partial charge in [-0.25, -0.2) is 0 Å². The summed E-state index contributed by atoms with van der Waals surface area (Å²) in [7, 11) is 0. The zero-order chi connectivity index (χ0) is 45.0. The van der Waals surface area contributed by atoms with Gasteiger partial charge in [-0.05, 0) is 174 Å². The van der Waals surface area contributed by atoms with Crippen LogP contribution in [0.5, 0.6) is 0 Å². The molecule has 0 aliphatic carbocycles. The number of rotatable bonds is 7. The summed E-state index contributed by atoms with van der Waals surface area (Å²) >= 11 is 0. The first-order chi connectivity index (χ1) is 33.7. The Bertz CT molecular complexity index is 4070. The van der Waals surface area contributed by atoms with Gasteiger partial charge in [0.05, 0.1) is 0 Å². The summed E-state index contributed by atoms with van der Waals surface area (Å²) in [5.41, 5.74) is 16.9. The molecule has 13 rings (SSSR count). The van der Waals surface area contributed by atoms with E-state index in [0.29, 0.717) is 0 Å². The molecule has 0 aliphatic heterocycles. The van der Waals surface area contributed by atoms with E-state index in [1.54, 1.807) is 0 Å². The van der Waals surface area contributed by atoms with Gasteiger partial charge in [-0.1, -0.05) is 224 Å². The molecule has 0 saturated carbocycles. The highest BCUT2D eigenvalue weighted by molar-refractivity contribution is 6.17. The normalized spacial score (nSPS) is 11.5. The molecule has 0 fully saturated rings. The molecule has 0 saturated heterocycles. The smallest absolute Gasteiger partial charge is 0.00923 e. The van der Waals surface area contributed by atoms with Gasteiger partial charge in [-0.2, -0.15) is 0 Å². The summed E-state index contributed by atoms with van der Waals surface area (Å²) < 4.78 is 0. The van der Waals surface area contributed by atoms with E-state index < -0.39 is 0 Å². The van der Waals surface area contributed by atoms with Gasteiger partial charge in [0, 0.05) is 0 Å². The van der Waals surface area contributed by atoms with Crippen molar-refractivity contribution in [2.75, 3.05) is 0 Å². The molecular formula is C68H44. The average molecular weight is 861 g/mol. The zero-order valence-corrected chi connectivity index (χ0v) is 37.4. The lowest BCUT2D eigenvalue weighted by molar-refractivity contribution is 1.59. The van der Waals surface area contributed by atoms with Crippen LogP contribution in [0.15, 0.2) is 267 Å². The molecule has 68 heavy (non-hydrogen) atoms. The SMILES string of the molecule is c1ccc(-c2ccc(-c3cc(-c4ccc5ccccc5c4)cc4c(-c5ccc(-c6ccccc6)c6ccccc56)cc(-c5cccc(-c6ccc7ccccc7c6)c5)cc34)c3ccccc23)cc1. The maximum atomic E-state index is 2.46. The molecule has 0 heterocycles. The summed E-state index contributed by atoms with van der Waals surface area (Å²) in [6, 6.07) is 98.8. The minimum absolute atomic E-state index is 1.18. The molecule has 0 heteroatoms. The lowest BCUT2D eigenvalue weighted by atomic mass is 9.83. The van der Waals surface area contributed by atoms with Gasteiger partial charge in [-0.3, -0.25) is 0 Å². The quantitative estimate of drug-likeness (QED) is 0.150.